The first kappa shape index (κ1) is 14.4. The van der Waals surface area contributed by atoms with Crippen molar-refractivity contribution in [3.8, 4) is 0 Å². The van der Waals surface area contributed by atoms with Crippen LogP contribution in [-0.2, 0) is 14.8 Å². The number of benzene rings is 1. The molecule has 2 aromatic rings. The van der Waals surface area contributed by atoms with Gasteiger partial charge in [0, 0.05) is 13.1 Å². The Balaban J connectivity index is 2.02. The maximum Gasteiger partial charge on any atom is 0.308 e. The number of fused-ring (bicyclic) bond motifs is 1. The van der Waals surface area contributed by atoms with Crippen LogP contribution in [0.4, 0.5) is 0 Å². The average molecular weight is 327 g/mol. The van der Waals surface area contributed by atoms with Crippen molar-refractivity contribution in [3.05, 3.63) is 18.2 Å². The zero-order chi connectivity index (χ0) is 15.2. The largest absolute Gasteiger partial charge is 0.481 e. The van der Waals surface area contributed by atoms with Crippen molar-refractivity contribution in [2.45, 2.75) is 11.8 Å². The van der Waals surface area contributed by atoms with Crippen LogP contribution in [0.1, 0.15) is 6.92 Å². The van der Waals surface area contributed by atoms with E-state index in [1.807, 2.05) is 0 Å². The molecule has 2 heterocycles. The molecule has 0 spiro atoms. The second-order valence-electron chi connectivity index (χ2n) is 5.13. The lowest BCUT2D eigenvalue weighted by atomic mass is 9.99. The van der Waals surface area contributed by atoms with E-state index < -0.39 is 21.9 Å². The van der Waals surface area contributed by atoms with Crippen LogP contribution in [0.5, 0.6) is 0 Å². The summed E-state index contributed by atoms with van der Waals surface area (Å²) in [6, 6.07) is 4.80. The fraction of sp³-hybridized carbons (Fsp3) is 0.417. The van der Waals surface area contributed by atoms with Crippen molar-refractivity contribution >= 4 is 38.8 Å². The molecule has 7 nitrogen and oxygen atoms in total. The molecule has 2 unspecified atom stereocenters. The van der Waals surface area contributed by atoms with Gasteiger partial charge >= 0.3 is 5.97 Å². The van der Waals surface area contributed by atoms with E-state index in [4.69, 9.17) is 5.11 Å². The van der Waals surface area contributed by atoms with E-state index in [0.29, 0.717) is 11.0 Å². The first-order valence-corrected chi connectivity index (χ1v) is 8.52. The van der Waals surface area contributed by atoms with Gasteiger partial charge in [0.25, 0.3) is 0 Å². The summed E-state index contributed by atoms with van der Waals surface area (Å²) in [6.07, 6.45) is 0. The molecule has 0 bridgehead atoms. The van der Waals surface area contributed by atoms with Gasteiger partial charge in [0.2, 0.25) is 10.0 Å². The number of carboxylic acids is 1. The van der Waals surface area contributed by atoms with Gasteiger partial charge in [-0.25, -0.2) is 8.42 Å². The van der Waals surface area contributed by atoms with E-state index >= 15 is 0 Å². The molecule has 0 saturated carbocycles. The molecule has 1 aliphatic rings. The number of rotatable bonds is 3. The standard InChI is InChI=1S/C12H13N3O4S2/c1-7-5-15(6-8(7)12(16)17)21(18,19)10-4-2-3-9-11(10)14-20-13-9/h2-4,7-8H,5-6H2,1H3,(H,16,17). The van der Waals surface area contributed by atoms with Gasteiger partial charge in [-0.05, 0) is 18.1 Å². The van der Waals surface area contributed by atoms with E-state index in [9.17, 15) is 13.2 Å². The number of hydrogen-bond acceptors (Lipinski definition) is 6. The zero-order valence-electron chi connectivity index (χ0n) is 11.1. The Kier molecular flexibility index (Phi) is 3.42. The molecule has 112 valence electrons. The minimum absolute atomic E-state index is 0.00716. The minimum Gasteiger partial charge on any atom is -0.481 e. The van der Waals surface area contributed by atoms with Crippen molar-refractivity contribution in [1.82, 2.24) is 13.1 Å². The second-order valence-corrected chi connectivity index (χ2v) is 7.57. The summed E-state index contributed by atoms with van der Waals surface area (Å²) in [6.45, 7) is 1.94. The normalized spacial score (nSPS) is 23.7. The predicted octanol–water partition coefficient (Wildman–Crippen LogP) is 1.03. The molecule has 9 heteroatoms. The molecule has 1 aromatic heterocycles. The summed E-state index contributed by atoms with van der Waals surface area (Å²) in [5.74, 6) is -1.86. The highest BCUT2D eigenvalue weighted by molar-refractivity contribution is 7.89. The van der Waals surface area contributed by atoms with E-state index in [0.717, 1.165) is 11.7 Å². The Morgan fingerprint density at radius 3 is 2.81 bits per heavy atom. The first-order valence-electron chi connectivity index (χ1n) is 6.35. The predicted molar refractivity (Wildman–Crippen MR) is 76.5 cm³/mol. The first-order chi connectivity index (χ1) is 9.91. The van der Waals surface area contributed by atoms with Gasteiger partial charge in [-0.3, -0.25) is 4.79 Å². The SMILES string of the molecule is CC1CN(S(=O)(=O)c2cccc3nsnc23)CC1C(=O)O. The average Bonchev–Trinajstić information content (AvgIpc) is 3.03. The smallest absolute Gasteiger partial charge is 0.308 e. The van der Waals surface area contributed by atoms with Gasteiger partial charge in [0.1, 0.15) is 15.9 Å². The van der Waals surface area contributed by atoms with Crippen LogP contribution in [0, 0.1) is 11.8 Å². The quantitative estimate of drug-likeness (QED) is 0.904. The maximum absolute atomic E-state index is 12.7. The van der Waals surface area contributed by atoms with Crippen LogP contribution in [0.3, 0.4) is 0 Å². The number of hydrogen-bond donors (Lipinski definition) is 1. The van der Waals surface area contributed by atoms with Crippen molar-refractivity contribution in [3.63, 3.8) is 0 Å². The second kappa shape index (κ2) is 5.00. The fourth-order valence-corrected chi connectivity index (χ4v) is 4.89. The van der Waals surface area contributed by atoms with Crippen LogP contribution < -0.4 is 0 Å². The maximum atomic E-state index is 12.7. The van der Waals surface area contributed by atoms with E-state index in [2.05, 4.69) is 8.75 Å². The molecule has 1 aliphatic heterocycles. The third-order valence-corrected chi connectivity index (χ3v) is 6.17. The molecule has 1 saturated heterocycles. The van der Waals surface area contributed by atoms with Crippen molar-refractivity contribution in [1.29, 1.82) is 0 Å². The number of aromatic nitrogens is 2. The van der Waals surface area contributed by atoms with Gasteiger partial charge in [-0.1, -0.05) is 13.0 Å². The minimum atomic E-state index is -3.76. The van der Waals surface area contributed by atoms with Gasteiger partial charge < -0.3 is 5.11 Å². The molecule has 1 fully saturated rings. The highest BCUT2D eigenvalue weighted by Gasteiger charge is 2.41. The molecule has 3 rings (SSSR count). The Labute approximate surface area is 125 Å². The van der Waals surface area contributed by atoms with Crippen LogP contribution in [0.25, 0.3) is 11.0 Å². The van der Waals surface area contributed by atoms with Crippen molar-refractivity contribution in [2.24, 2.45) is 11.8 Å². The molecule has 2 atom stereocenters. The highest BCUT2D eigenvalue weighted by atomic mass is 32.2. The monoisotopic (exact) mass is 327 g/mol. The third kappa shape index (κ3) is 2.30. The lowest BCUT2D eigenvalue weighted by molar-refractivity contribution is -0.142. The molecular weight excluding hydrogens is 314 g/mol. The Morgan fingerprint density at radius 2 is 2.14 bits per heavy atom. The number of nitrogens with zero attached hydrogens (tertiary/aromatic N) is 3. The summed E-state index contributed by atoms with van der Waals surface area (Å²) in [4.78, 5) is 11.2. The molecule has 0 aliphatic carbocycles. The Bertz CT molecular complexity index is 802. The summed E-state index contributed by atoms with van der Waals surface area (Å²) in [5, 5.41) is 9.13. The lowest BCUT2D eigenvalue weighted by Crippen LogP contribution is -2.30. The summed E-state index contributed by atoms with van der Waals surface area (Å²) in [7, 11) is -3.76. The van der Waals surface area contributed by atoms with Crippen LogP contribution in [-0.4, -0.2) is 45.6 Å². The fourth-order valence-electron chi connectivity index (χ4n) is 2.57. The molecule has 0 radical (unpaired) electrons. The van der Waals surface area contributed by atoms with Crippen LogP contribution >= 0.6 is 11.7 Å². The molecule has 1 aromatic carbocycles. The Morgan fingerprint density at radius 1 is 1.38 bits per heavy atom. The number of carbonyl (C=O) groups is 1. The van der Waals surface area contributed by atoms with Crippen LogP contribution in [0.15, 0.2) is 23.1 Å². The van der Waals surface area contributed by atoms with Crippen molar-refractivity contribution in [2.75, 3.05) is 13.1 Å². The van der Waals surface area contributed by atoms with Gasteiger partial charge in [0.05, 0.1) is 17.6 Å². The van der Waals surface area contributed by atoms with E-state index in [1.165, 1.54) is 10.4 Å². The summed E-state index contributed by atoms with van der Waals surface area (Å²) < 4.78 is 34.8. The van der Waals surface area contributed by atoms with Crippen molar-refractivity contribution < 1.29 is 18.3 Å². The number of carboxylic acid groups (broad SMARTS) is 1. The number of sulfonamides is 1. The Hall–Kier alpha value is -1.58. The highest BCUT2D eigenvalue weighted by Crippen LogP contribution is 2.31. The topological polar surface area (TPSA) is 100 Å². The van der Waals surface area contributed by atoms with Gasteiger partial charge in [-0.15, -0.1) is 0 Å². The molecule has 21 heavy (non-hydrogen) atoms. The molecule has 1 N–H and O–H groups in total. The van der Waals surface area contributed by atoms with Gasteiger partial charge in [-0.2, -0.15) is 13.1 Å². The van der Waals surface area contributed by atoms with Crippen LogP contribution in [0.2, 0.25) is 0 Å². The molecule has 0 amide bonds. The summed E-state index contributed by atoms with van der Waals surface area (Å²) in [5.41, 5.74) is 0.872. The third-order valence-electron chi connectivity index (χ3n) is 3.76. The zero-order valence-corrected chi connectivity index (χ0v) is 12.8. The van der Waals surface area contributed by atoms with E-state index in [-0.39, 0.29) is 23.9 Å². The molecular formula is C12H13N3O4S2. The van der Waals surface area contributed by atoms with Gasteiger partial charge in [0.15, 0.2) is 0 Å². The summed E-state index contributed by atoms with van der Waals surface area (Å²) >= 11 is 0.955. The number of aliphatic carboxylic acids is 1. The lowest BCUT2D eigenvalue weighted by Gasteiger charge is -2.16. The van der Waals surface area contributed by atoms with E-state index in [1.54, 1.807) is 19.1 Å².